The summed E-state index contributed by atoms with van der Waals surface area (Å²) in [5.41, 5.74) is -0.372. The molecular formula is C18H26LiO7S. The van der Waals surface area contributed by atoms with E-state index in [-0.39, 0.29) is 43.2 Å². The third-order valence-electron chi connectivity index (χ3n) is 3.68. The number of carbonyl (C=O) groups is 2. The minimum Gasteiger partial charge on any atom is -0.462 e. The Morgan fingerprint density at radius 1 is 0.926 bits per heavy atom. The molecular weight excluding hydrogens is 367 g/mol. The zero-order chi connectivity index (χ0) is 19.6. The zero-order valence-corrected chi connectivity index (χ0v) is 17.0. The Balaban J connectivity index is 0.00000676. The van der Waals surface area contributed by atoms with Crippen molar-refractivity contribution in [2.24, 2.45) is 0 Å². The fourth-order valence-corrected chi connectivity index (χ4v) is 2.93. The molecule has 9 heteroatoms. The van der Waals surface area contributed by atoms with Gasteiger partial charge in [0.2, 0.25) is 0 Å². The van der Waals surface area contributed by atoms with Gasteiger partial charge in [0.05, 0.1) is 24.3 Å². The van der Waals surface area contributed by atoms with Crippen LogP contribution in [-0.4, -0.2) is 57.0 Å². The van der Waals surface area contributed by atoms with Crippen molar-refractivity contribution in [3.63, 3.8) is 0 Å². The average Bonchev–Trinajstić information content (AvgIpc) is 2.60. The summed E-state index contributed by atoms with van der Waals surface area (Å²) in [6.07, 6.45) is 5.07. The van der Waals surface area contributed by atoms with Crippen LogP contribution in [-0.2, 0) is 19.6 Å². The van der Waals surface area contributed by atoms with Crippen molar-refractivity contribution >= 4 is 40.9 Å². The molecule has 0 spiro atoms. The smallest absolute Gasteiger partial charge is 0.339 e. The largest absolute Gasteiger partial charge is 0.462 e. The maximum Gasteiger partial charge on any atom is 0.339 e. The molecule has 0 saturated carbocycles. The molecule has 0 bridgehead atoms. The van der Waals surface area contributed by atoms with E-state index in [4.69, 9.17) is 9.47 Å². The van der Waals surface area contributed by atoms with Gasteiger partial charge >= 0.3 is 11.9 Å². The fourth-order valence-electron chi connectivity index (χ4n) is 2.23. The first-order valence-electron chi connectivity index (χ1n) is 8.77. The zero-order valence-electron chi connectivity index (χ0n) is 16.2. The van der Waals surface area contributed by atoms with Gasteiger partial charge in [-0.3, -0.25) is 4.55 Å². The molecule has 1 aromatic rings. The number of unbranched alkanes of at least 4 members (excludes halogenated alkanes) is 4. The van der Waals surface area contributed by atoms with Crippen LogP contribution in [0.3, 0.4) is 0 Å². The summed E-state index contributed by atoms with van der Waals surface area (Å²) in [7, 11) is -4.71. The summed E-state index contributed by atoms with van der Waals surface area (Å²) in [5.74, 6) is -1.58. The van der Waals surface area contributed by atoms with Crippen LogP contribution >= 0.6 is 0 Å². The second-order valence-corrected chi connectivity index (χ2v) is 7.26. The molecule has 1 aromatic carbocycles. The molecule has 0 heterocycles. The number of hydrogen-bond donors (Lipinski definition) is 1. The minimum absolute atomic E-state index is 0. The van der Waals surface area contributed by atoms with E-state index in [0.29, 0.717) is 12.8 Å². The van der Waals surface area contributed by atoms with Crippen molar-refractivity contribution in [2.75, 3.05) is 13.2 Å². The van der Waals surface area contributed by atoms with Gasteiger partial charge < -0.3 is 9.47 Å². The predicted octanol–water partition coefficient (Wildman–Crippen LogP) is 3.25. The third-order valence-corrected chi connectivity index (χ3v) is 4.57. The van der Waals surface area contributed by atoms with Crippen LogP contribution in [0.2, 0.25) is 0 Å². The van der Waals surface area contributed by atoms with Gasteiger partial charge in [0.1, 0.15) is 4.90 Å². The summed E-state index contributed by atoms with van der Waals surface area (Å²) in [4.78, 5) is 23.4. The Hall–Kier alpha value is -1.33. The summed E-state index contributed by atoms with van der Waals surface area (Å²) >= 11 is 0. The maximum absolute atomic E-state index is 12.1. The number of benzene rings is 1. The number of ether oxygens (including phenoxy) is 2. The molecule has 7 nitrogen and oxygen atoms in total. The normalized spacial score (nSPS) is 10.8. The van der Waals surface area contributed by atoms with Crippen LogP contribution < -0.4 is 0 Å². The molecule has 0 fully saturated rings. The number of esters is 2. The molecule has 0 saturated heterocycles. The maximum atomic E-state index is 12.1. The average molecular weight is 393 g/mol. The van der Waals surface area contributed by atoms with E-state index in [0.717, 1.165) is 37.8 Å². The number of hydrogen-bond acceptors (Lipinski definition) is 6. The van der Waals surface area contributed by atoms with Crippen molar-refractivity contribution in [1.82, 2.24) is 0 Å². The van der Waals surface area contributed by atoms with E-state index in [1.807, 2.05) is 13.8 Å². The summed E-state index contributed by atoms with van der Waals surface area (Å²) in [6.45, 7) is 4.38. The Bertz CT molecular complexity index is 716. The van der Waals surface area contributed by atoms with E-state index in [2.05, 4.69) is 0 Å². The molecule has 147 valence electrons. The predicted molar refractivity (Wildman–Crippen MR) is 102 cm³/mol. The number of carbonyl (C=O) groups excluding carboxylic acids is 2. The molecule has 27 heavy (non-hydrogen) atoms. The standard InChI is InChI=1S/C18H26O7S.Li/c1-3-5-7-11-24-17(19)14-9-10-15(16(13-14)26(21,22)23)18(20)25-12-8-6-4-2;/h9-10,13H,3-8,11-12H2,1-2H3,(H,21,22,23);. The minimum atomic E-state index is -4.71. The van der Waals surface area contributed by atoms with E-state index in [1.165, 1.54) is 6.07 Å². The quantitative estimate of drug-likeness (QED) is 0.266. The Morgan fingerprint density at radius 2 is 1.44 bits per heavy atom. The van der Waals surface area contributed by atoms with Gasteiger partial charge in [-0.2, -0.15) is 8.42 Å². The monoisotopic (exact) mass is 393 g/mol. The second-order valence-electron chi connectivity index (χ2n) is 5.87. The molecule has 1 rings (SSSR count). The third kappa shape index (κ3) is 8.93. The molecule has 0 atom stereocenters. The fraction of sp³-hybridized carbons (Fsp3) is 0.556. The Kier molecular flexibility index (Phi) is 12.3. The molecule has 0 aliphatic carbocycles. The van der Waals surface area contributed by atoms with Crippen molar-refractivity contribution in [3.05, 3.63) is 29.3 Å². The van der Waals surface area contributed by atoms with Crippen LogP contribution in [0, 0.1) is 0 Å². The van der Waals surface area contributed by atoms with Crippen LogP contribution in [0.15, 0.2) is 23.1 Å². The molecule has 0 aliphatic heterocycles. The molecule has 0 aromatic heterocycles. The molecule has 0 unspecified atom stereocenters. The van der Waals surface area contributed by atoms with Crippen molar-refractivity contribution in [3.8, 4) is 0 Å². The summed E-state index contributed by atoms with van der Waals surface area (Å²) < 4.78 is 42.7. The first kappa shape index (κ1) is 25.7. The van der Waals surface area contributed by atoms with Crippen LogP contribution in [0.25, 0.3) is 0 Å². The Labute approximate surface area is 172 Å². The van der Waals surface area contributed by atoms with Gasteiger partial charge in [0.25, 0.3) is 10.1 Å². The summed E-state index contributed by atoms with van der Waals surface area (Å²) in [6, 6.07) is 3.35. The number of rotatable bonds is 11. The van der Waals surface area contributed by atoms with Gasteiger partial charge in [-0.05, 0) is 31.0 Å². The van der Waals surface area contributed by atoms with Gasteiger partial charge in [0, 0.05) is 18.9 Å². The second kappa shape index (κ2) is 12.9. The SMILES string of the molecule is CCCCCOC(=O)c1ccc(C(=O)OCCCCC)c(S(=O)(=O)O)c1.[Li]. The van der Waals surface area contributed by atoms with E-state index >= 15 is 0 Å². The van der Waals surface area contributed by atoms with Crippen molar-refractivity contribution in [1.29, 1.82) is 0 Å². The molecule has 1 radical (unpaired) electrons. The van der Waals surface area contributed by atoms with Crippen LogP contribution in [0.4, 0.5) is 0 Å². The topological polar surface area (TPSA) is 107 Å². The van der Waals surface area contributed by atoms with E-state index < -0.39 is 27.0 Å². The first-order chi connectivity index (χ1) is 12.3. The van der Waals surface area contributed by atoms with Crippen LogP contribution in [0.5, 0.6) is 0 Å². The van der Waals surface area contributed by atoms with Gasteiger partial charge in [0.15, 0.2) is 0 Å². The van der Waals surface area contributed by atoms with Gasteiger partial charge in [-0.15, -0.1) is 0 Å². The van der Waals surface area contributed by atoms with Crippen LogP contribution in [0.1, 0.15) is 73.1 Å². The van der Waals surface area contributed by atoms with Crippen molar-refractivity contribution in [2.45, 2.75) is 57.3 Å². The molecule has 0 amide bonds. The molecule has 0 aliphatic rings. The first-order valence-corrected chi connectivity index (χ1v) is 10.2. The Morgan fingerprint density at radius 3 is 1.93 bits per heavy atom. The van der Waals surface area contributed by atoms with Gasteiger partial charge in [-0.25, -0.2) is 9.59 Å². The van der Waals surface area contributed by atoms with Crippen molar-refractivity contribution < 1.29 is 32.0 Å². The van der Waals surface area contributed by atoms with E-state index in [9.17, 15) is 22.6 Å². The summed E-state index contributed by atoms with van der Waals surface area (Å²) in [5, 5.41) is 0. The van der Waals surface area contributed by atoms with E-state index in [1.54, 1.807) is 0 Å². The molecule has 1 N–H and O–H groups in total. The van der Waals surface area contributed by atoms with Gasteiger partial charge in [-0.1, -0.05) is 39.5 Å².